The van der Waals surface area contributed by atoms with Gasteiger partial charge in [0, 0.05) is 12.8 Å². The highest BCUT2D eigenvalue weighted by atomic mass is 31.2. The number of esters is 2. The summed E-state index contributed by atoms with van der Waals surface area (Å²) < 4.78 is 33.8. The molecule has 0 N–H and O–H groups in total. The van der Waals surface area contributed by atoms with Crippen molar-refractivity contribution in [2.75, 3.05) is 47.5 Å². The Labute approximate surface area is 355 Å². The van der Waals surface area contributed by atoms with E-state index in [1.807, 2.05) is 33.3 Å². The molecule has 334 valence electrons. The lowest BCUT2D eigenvalue weighted by Gasteiger charge is -2.28. The summed E-state index contributed by atoms with van der Waals surface area (Å²) in [6.07, 6.45) is 49.4. The Balaban J connectivity index is 4.48. The van der Waals surface area contributed by atoms with Gasteiger partial charge in [-0.25, -0.2) is 0 Å². The van der Waals surface area contributed by atoms with Crippen molar-refractivity contribution in [3.05, 3.63) is 72.9 Å². The predicted molar refractivity (Wildman–Crippen MR) is 240 cm³/mol. The third-order valence-electron chi connectivity index (χ3n) is 9.25. The van der Waals surface area contributed by atoms with Gasteiger partial charge in [-0.05, 0) is 51.4 Å². The zero-order chi connectivity index (χ0) is 42.8. The highest BCUT2D eigenvalue weighted by molar-refractivity contribution is 7.45. The molecule has 58 heavy (non-hydrogen) atoms. The Kier molecular flexibility index (Phi) is 38.1. The number of unbranched alkanes of at least 4 members (excludes halogenated alkanes) is 14. The van der Waals surface area contributed by atoms with Gasteiger partial charge in [0.25, 0.3) is 7.82 Å². The molecular weight excluding hydrogens is 750 g/mol. The number of phosphoric ester groups is 1. The van der Waals surface area contributed by atoms with Crippen molar-refractivity contribution >= 4 is 19.8 Å². The van der Waals surface area contributed by atoms with Crippen LogP contribution in [-0.2, 0) is 32.7 Å². The van der Waals surface area contributed by atoms with Crippen LogP contribution in [0.3, 0.4) is 0 Å². The van der Waals surface area contributed by atoms with Gasteiger partial charge in [-0.15, -0.1) is 0 Å². The summed E-state index contributed by atoms with van der Waals surface area (Å²) in [5, 5.41) is 0. The Morgan fingerprint density at radius 3 is 1.43 bits per heavy atom. The molecule has 0 saturated heterocycles. The summed E-state index contributed by atoms with van der Waals surface area (Å²) in [5.74, 6) is -0.934. The van der Waals surface area contributed by atoms with E-state index in [9.17, 15) is 19.0 Å². The van der Waals surface area contributed by atoms with E-state index in [0.29, 0.717) is 17.4 Å². The largest absolute Gasteiger partial charge is 0.756 e. The first-order valence-electron chi connectivity index (χ1n) is 22.6. The lowest BCUT2D eigenvalue weighted by molar-refractivity contribution is -0.870. The number of carbonyl (C=O) groups excluding carboxylic acids is 2. The Morgan fingerprint density at radius 1 is 0.552 bits per heavy atom. The van der Waals surface area contributed by atoms with Gasteiger partial charge < -0.3 is 27.9 Å². The fourth-order valence-electron chi connectivity index (χ4n) is 5.74. The number of rotatable bonds is 40. The van der Waals surface area contributed by atoms with E-state index in [-0.39, 0.29) is 26.1 Å². The van der Waals surface area contributed by atoms with Crippen molar-refractivity contribution in [3.8, 4) is 0 Å². The first-order valence-corrected chi connectivity index (χ1v) is 24.1. The normalized spacial score (nSPS) is 14.2. The van der Waals surface area contributed by atoms with Crippen LogP contribution in [0.15, 0.2) is 72.9 Å². The number of likely N-dealkylation sites (N-methyl/N-ethyl adjacent to an activating group) is 1. The molecule has 10 heteroatoms. The van der Waals surface area contributed by atoms with Crippen LogP contribution < -0.4 is 4.89 Å². The van der Waals surface area contributed by atoms with E-state index in [2.05, 4.69) is 74.6 Å². The monoisotopic (exact) mass is 834 g/mol. The molecule has 1 unspecified atom stereocenters. The second-order valence-corrected chi connectivity index (χ2v) is 17.4. The van der Waals surface area contributed by atoms with Crippen LogP contribution in [0.4, 0.5) is 0 Å². The second-order valence-electron chi connectivity index (χ2n) is 16.0. The maximum absolute atomic E-state index is 12.7. The number of hydrogen-bond acceptors (Lipinski definition) is 8. The van der Waals surface area contributed by atoms with Crippen LogP contribution in [0.5, 0.6) is 0 Å². The highest BCUT2D eigenvalue weighted by Gasteiger charge is 2.21. The minimum absolute atomic E-state index is 0.0467. The van der Waals surface area contributed by atoms with E-state index in [4.69, 9.17) is 18.5 Å². The molecule has 2 atom stereocenters. The average Bonchev–Trinajstić information content (AvgIpc) is 3.17. The second kappa shape index (κ2) is 39.9. The van der Waals surface area contributed by atoms with E-state index >= 15 is 0 Å². The fraction of sp³-hybridized carbons (Fsp3) is 0.708. The molecule has 0 spiro atoms. The summed E-state index contributed by atoms with van der Waals surface area (Å²) in [6, 6.07) is 0. The van der Waals surface area contributed by atoms with Gasteiger partial charge in [-0.2, -0.15) is 0 Å². The Hall–Kier alpha value is -2.55. The van der Waals surface area contributed by atoms with E-state index < -0.39 is 32.5 Å². The third kappa shape index (κ3) is 43.0. The van der Waals surface area contributed by atoms with Crippen molar-refractivity contribution in [3.63, 3.8) is 0 Å². The van der Waals surface area contributed by atoms with Gasteiger partial charge in [0.15, 0.2) is 6.10 Å². The molecule has 0 radical (unpaired) electrons. The van der Waals surface area contributed by atoms with Gasteiger partial charge in [-0.3, -0.25) is 14.2 Å². The van der Waals surface area contributed by atoms with Gasteiger partial charge in [0.05, 0.1) is 27.7 Å². The van der Waals surface area contributed by atoms with E-state index in [0.717, 1.165) is 57.8 Å². The van der Waals surface area contributed by atoms with Gasteiger partial charge in [0.2, 0.25) is 0 Å². The SMILES string of the molecule is CCC=CCC=CCC=CCC=CCC=CCC=CCCC(=O)O[C@H](COC(=O)CCCCCCCCCCCCCCCCC)COP(=O)([O-])OCC[N+](C)(C)C. The maximum atomic E-state index is 12.7. The van der Waals surface area contributed by atoms with Gasteiger partial charge in [-0.1, -0.05) is 177 Å². The number of hydrogen-bond donors (Lipinski definition) is 0. The summed E-state index contributed by atoms with van der Waals surface area (Å²) >= 11 is 0. The van der Waals surface area contributed by atoms with Crippen molar-refractivity contribution in [2.24, 2.45) is 0 Å². The standard InChI is InChI=1S/C48H84NO8P/c1-6-8-10-12-14-16-18-20-22-23-24-25-27-29-31-33-35-37-39-41-48(51)57-46(45-56-58(52,53)55-43-42-49(3,4)5)44-54-47(50)40-38-36-34-32-30-28-26-21-19-17-15-13-11-9-7-2/h8,10,14,16,20,22,24-25,29,31,35,37,46H,6-7,9,11-13,15,17-19,21,23,26-28,30,32-34,36,38-45H2,1-5H3/t46-/m1/s1. The quantitative estimate of drug-likeness (QED) is 0.0197. The van der Waals surface area contributed by atoms with Gasteiger partial charge >= 0.3 is 11.9 Å². The molecule has 0 saturated carbocycles. The number of allylic oxidation sites excluding steroid dienone is 12. The number of ether oxygens (including phenoxy) is 2. The molecule has 0 bridgehead atoms. The molecule has 0 aliphatic carbocycles. The lowest BCUT2D eigenvalue weighted by atomic mass is 10.0. The van der Waals surface area contributed by atoms with Crippen molar-refractivity contribution in [2.45, 2.75) is 174 Å². The molecule has 9 nitrogen and oxygen atoms in total. The molecule has 0 fully saturated rings. The Morgan fingerprint density at radius 2 is 0.983 bits per heavy atom. The summed E-state index contributed by atoms with van der Waals surface area (Å²) in [6.45, 7) is 4.02. The topological polar surface area (TPSA) is 111 Å². The minimum atomic E-state index is -4.65. The molecule has 0 aliphatic rings. The minimum Gasteiger partial charge on any atom is -0.756 e. The van der Waals surface area contributed by atoms with Crippen LogP contribution in [0, 0.1) is 0 Å². The molecule has 0 heterocycles. The highest BCUT2D eigenvalue weighted by Crippen LogP contribution is 2.38. The smallest absolute Gasteiger partial charge is 0.306 e. The Bertz CT molecular complexity index is 1220. The predicted octanol–water partition coefficient (Wildman–Crippen LogP) is 12.4. The van der Waals surface area contributed by atoms with Crippen LogP contribution in [0.25, 0.3) is 0 Å². The molecule has 0 aromatic heterocycles. The molecule has 0 amide bonds. The molecule has 0 aliphatic heterocycles. The number of carbonyl (C=O) groups is 2. The average molecular weight is 834 g/mol. The summed E-state index contributed by atoms with van der Waals surface area (Å²) in [7, 11) is 1.11. The first kappa shape index (κ1) is 55.5. The first-order chi connectivity index (χ1) is 28.0. The van der Waals surface area contributed by atoms with Crippen LogP contribution in [0.1, 0.15) is 168 Å². The molecular formula is C48H84NO8P. The van der Waals surface area contributed by atoms with Crippen molar-refractivity contribution in [1.82, 2.24) is 0 Å². The van der Waals surface area contributed by atoms with Crippen LogP contribution >= 0.6 is 7.82 Å². The van der Waals surface area contributed by atoms with E-state index in [1.54, 1.807) is 0 Å². The van der Waals surface area contributed by atoms with Crippen LogP contribution in [-0.4, -0.2) is 70.0 Å². The van der Waals surface area contributed by atoms with Crippen LogP contribution in [0.2, 0.25) is 0 Å². The molecule has 0 aromatic rings. The zero-order valence-electron chi connectivity index (χ0n) is 37.5. The van der Waals surface area contributed by atoms with Crippen molar-refractivity contribution < 1.29 is 42.1 Å². The lowest BCUT2D eigenvalue weighted by Crippen LogP contribution is -2.37. The zero-order valence-corrected chi connectivity index (χ0v) is 38.4. The maximum Gasteiger partial charge on any atom is 0.306 e. The number of quaternary nitrogens is 1. The van der Waals surface area contributed by atoms with Crippen molar-refractivity contribution in [1.29, 1.82) is 0 Å². The summed E-state index contributed by atoms with van der Waals surface area (Å²) in [5.41, 5.74) is 0. The summed E-state index contributed by atoms with van der Waals surface area (Å²) in [4.78, 5) is 37.5. The molecule has 0 aromatic carbocycles. The fourth-order valence-corrected chi connectivity index (χ4v) is 6.47. The molecule has 0 rings (SSSR count). The van der Waals surface area contributed by atoms with Gasteiger partial charge in [0.1, 0.15) is 19.8 Å². The number of phosphoric acid groups is 1. The number of nitrogens with zero attached hydrogens (tertiary/aromatic N) is 1. The van der Waals surface area contributed by atoms with E-state index in [1.165, 1.54) is 77.0 Å². The third-order valence-corrected chi connectivity index (χ3v) is 10.2.